The van der Waals surface area contributed by atoms with Crippen molar-refractivity contribution >= 4 is 5.91 Å². The summed E-state index contributed by atoms with van der Waals surface area (Å²) in [5.74, 6) is 5.25. The highest BCUT2D eigenvalue weighted by Gasteiger charge is 2.22. The molecule has 0 saturated carbocycles. The summed E-state index contributed by atoms with van der Waals surface area (Å²) in [7, 11) is 0. The molecule has 1 atom stereocenters. The first-order chi connectivity index (χ1) is 10.2. The zero-order valence-corrected chi connectivity index (χ0v) is 12.2. The maximum atomic E-state index is 12.5. The SMILES string of the molecule is CCN(CC1CCCO1)C(=O)c1cncc(C#CCO)c1. The number of aliphatic hydroxyl groups excluding tert-OH is 1. The Kier molecular flexibility index (Phi) is 5.73. The molecular weight excluding hydrogens is 268 g/mol. The predicted molar refractivity (Wildman–Crippen MR) is 78.8 cm³/mol. The molecule has 2 heterocycles. The number of carbonyl (C=O) groups is 1. The van der Waals surface area contributed by atoms with Gasteiger partial charge in [0.1, 0.15) is 6.61 Å². The highest BCUT2D eigenvalue weighted by molar-refractivity contribution is 5.94. The first-order valence-corrected chi connectivity index (χ1v) is 7.20. The molecule has 1 aliphatic heterocycles. The average Bonchev–Trinajstić information content (AvgIpc) is 3.03. The van der Waals surface area contributed by atoms with E-state index in [0.717, 1.165) is 19.4 Å². The molecular formula is C16H20N2O3. The summed E-state index contributed by atoms with van der Waals surface area (Å²) < 4.78 is 5.59. The van der Waals surface area contributed by atoms with Crippen molar-refractivity contribution in [3.05, 3.63) is 29.6 Å². The number of hydrogen-bond donors (Lipinski definition) is 1. The molecule has 5 nitrogen and oxygen atoms in total. The minimum Gasteiger partial charge on any atom is -0.384 e. The van der Waals surface area contributed by atoms with E-state index in [9.17, 15) is 4.79 Å². The van der Waals surface area contributed by atoms with Gasteiger partial charge >= 0.3 is 0 Å². The quantitative estimate of drug-likeness (QED) is 0.842. The molecule has 0 aliphatic carbocycles. The van der Waals surface area contributed by atoms with Gasteiger partial charge in [-0.3, -0.25) is 9.78 Å². The van der Waals surface area contributed by atoms with Crippen molar-refractivity contribution in [1.82, 2.24) is 9.88 Å². The molecule has 0 radical (unpaired) electrons. The van der Waals surface area contributed by atoms with Crippen LogP contribution in [0.15, 0.2) is 18.5 Å². The fraction of sp³-hybridized carbons (Fsp3) is 0.500. The minimum atomic E-state index is -0.210. The van der Waals surface area contributed by atoms with Gasteiger partial charge in [-0.05, 0) is 25.8 Å². The van der Waals surface area contributed by atoms with Crippen molar-refractivity contribution in [3.63, 3.8) is 0 Å². The fourth-order valence-electron chi connectivity index (χ4n) is 2.34. The number of aliphatic hydroxyl groups is 1. The summed E-state index contributed by atoms with van der Waals surface area (Å²) in [4.78, 5) is 18.3. The van der Waals surface area contributed by atoms with Crippen molar-refractivity contribution in [2.75, 3.05) is 26.3 Å². The number of nitrogens with zero attached hydrogens (tertiary/aromatic N) is 2. The molecule has 0 bridgehead atoms. The summed E-state index contributed by atoms with van der Waals surface area (Å²) in [6.45, 7) is 3.77. The van der Waals surface area contributed by atoms with Crippen LogP contribution in [0.25, 0.3) is 0 Å². The highest BCUT2D eigenvalue weighted by atomic mass is 16.5. The number of hydrogen-bond acceptors (Lipinski definition) is 4. The molecule has 1 aromatic heterocycles. The second-order valence-electron chi connectivity index (χ2n) is 4.90. The first-order valence-electron chi connectivity index (χ1n) is 7.20. The van der Waals surface area contributed by atoms with Gasteiger partial charge in [-0.15, -0.1) is 0 Å². The Morgan fingerprint density at radius 2 is 2.43 bits per heavy atom. The van der Waals surface area contributed by atoms with E-state index in [1.54, 1.807) is 23.4 Å². The lowest BCUT2D eigenvalue weighted by Gasteiger charge is -2.24. The van der Waals surface area contributed by atoms with Crippen LogP contribution in [0.5, 0.6) is 0 Å². The van der Waals surface area contributed by atoms with Gasteiger partial charge in [-0.1, -0.05) is 11.8 Å². The van der Waals surface area contributed by atoms with Crippen molar-refractivity contribution in [2.45, 2.75) is 25.9 Å². The second kappa shape index (κ2) is 7.77. The molecule has 1 aromatic rings. The van der Waals surface area contributed by atoms with E-state index in [-0.39, 0.29) is 18.6 Å². The largest absolute Gasteiger partial charge is 0.384 e. The maximum Gasteiger partial charge on any atom is 0.255 e. The lowest BCUT2D eigenvalue weighted by molar-refractivity contribution is 0.0539. The number of likely N-dealkylation sites (N-methyl/N-ethyl adjacent to an activating group) is 1. The normalized spacial score (nSPS) is 17.1. The molecule has 1 saturated heterocycles. The smallest absolute Gasteiger partial charge is 0.255 e. The number of amides is 1. The number of pyridine rings is 1. The summed E-state index contributed by atoms with van der Waals surface area (Å²) in [5.41, 5.74) is 1.14. The van der Waals surface area contributed by atoms with E-state index in [4.69, 9.17) is 9.84 Å². The van der Waals surface area contributed by atoms with Crippen LogP contribution in [0.2, 0.25) is 0 Å². The van der Waals surface area contributed by atoms with Crippen molar-refractivity contribution in [3.8, 4) is 11.8 Å². The predicted octanol–water partition coefficient (Wildman–Crippen LogP) is 1.07. The van der Waals surface area contributed by atoms with Crippen LogP contribution in [0.3, 0.4) is 0 Å². The summed E-state index contributed by atoms with van der Waals surface area (Å²) >= 11 is 0. The van der Waals surface area contributed by atoms with Gasteiger partial charge in [0.25, 0.3) is 5.91 Å². The first kappa shape index (κ1) is 15.5. The van der Waals surface area contributed by atoms with Gasteiger partial charge in [-0.25, -0.2) is 0 Å². The van der Waals surface area contributed by atoms with Gasteiger partial charge < -0.3 is 14.7 Å². The van der Waals surface area contributed by atoms with Gasteiger partial charge in [-0.2, -0.15) is 0 Å². The van der Waals surface area contributed by atoms with Crippen LogP contribution in [0.1, 0.15) is 35.7 Å². The Balaban J connectivity index is 2.09. The third-order valence-corrected chi connectivity index (χ3v) is 3.41. The molecule has 1 unspecified atom stereocenters. The molecule has 0 spiro atoms. The van der Waals surface area contributed by atoms with Crippen molar-refractivity contribution in [2.24, 2.45) is 0 Å². The molecule has 112 valence electrons. The summed E-state index contributed by atoms with van der Waals surface area (Å²) in [6.07, 6.45) is 5.33. The maximum absolute atomic E-state index is 12.5. The Morgan fingerprint density at radius 3 is 3.10 bits per heavy atom. The molecule has 2 rings (SSSR count). The van der Waals surface area contributed by atoms with Gasteiger partial charge in [0, 0.05) is 37.7 Å². The minimum absolute atomic E-state index is 0.0619. The summed E-state index contributed by atoms with van der Waals surface area (Å²) in [5, 5.41) is 8.71. The lowest BCUT2D eigenvalue weighted by Crippen LogP contribution is -2.37. The van der Waals surface area contributed by atoms with E-state index < -0.39 is 0 Å². The van der Waals surface area contributed by atoms with Crippen LogP contribution < -0.4 is 0 Å². The van der Waals surface area contributed by atoms with Crippen molar-refractivity contribution < 1.29 is 14.6 Å². The average molecular weight is 288 g/mol. The molecule has 1 fully saturated rings. The monoisotopic (exact) mass is 288 g/mol. The van der Waals surface area contributed by atoms with E-state index in [2.05, 4.69) is 16.8 Å². The van der Waals surface area contributed by atoms with Crippen molar-refractivity contribution in [1.29, 1.82) is 0 Å². The number of carbonyl (C=O) groups excluding carboxylic acids is 1. The Hall–Kier alpha value is -1.90. The number of rotatable bonds is 4. The third kappa shape index (κ3) is 4.28. The fourth-order valence-corrected chi connectivity index (χ4v) is 2.34. The van der Waals surface area contributed by atoms with Gasteiger partial charge in [0.15, 0.2) is 0 Å². The third-order valence-electron chi connectivity index (χ3n) is 3.41. The number of ether oxygens (including phenoxy) is 1. The Bertz CT molecular complexity index is 542. The van der Waals surface area contributed by atoms with Crippen LogP contribution in [-0.2, 0) is 4.74 Å². The van der Waals surface area contributed by atoms with Crippen LogP contribution in [-0.4, -0.2) is 53.3 Å². The van der Waals surface area contributed by atoms with Crippen LogP contribution in [0, 0.1) is 11.8 Å². The van der Waals surface area contributed by atoms with E-state index in [1.807, 2.05) is 6.92 Å². The van der Waals surface area contributed by atoms with Crippen LogP contribution in [0.4, 0.5) is 0 Å². The lowest BCUT2D eigenvalue weighted by atomic mass is 10.1. The summed E-state index contributed by atoms with van der Waals surface area (Å²) in [6, 6.07) is 1.70. The number of aromatic nitrogens is 1. The molecule has 1 aliphatic rings. The van der Waals surface area contributed by atoms with Crippen LogP contribution >= 0.6 is 0 Å². The van der Waals surface area contributed by atoms with Gasteiger partial charge in [0.2, 0.25) is 0 Å². The molecule has 1 N–H and O–H groups in total. The topological polar surface area (TPSA) is 62.7 Å². The highest BCUT2D eigenvalue weighted by Crippen LogP contribution is 2.15. The zero-order valence-electron chi connectivity index (χ0n) is 12.2. The Morgan fingerprint density at radius 1 is 1.57 bits per heavy atom. The molecule has 5 heteroatoms. The van der Waals surface area contributed by atoms with E-state index >= 15 is 0 Å². The van der Waals surface area contributed by atoms with E-state index in [1.165, 1.54) is 0 Å². The second-order valence-corrected chi connectivity index (χ2v) is 4.90. The van der Waals surface area contributed by atoms with E-state index in [0.29, 0.717) is 24.2 Å². The molecule has 21 heavy (non-hydrogen) atoms. The zero-order chi connectivity index (χ0) is 15.1. The van der Waals surface area contributed by atoms with Gasteiger partial charge in [0.05, 0.1) is 11.7 Å². The standard InChI is InChI=1S/C16H20N2O3/c1-2-18(12-15-6-4-8-21-15)16(20)14-9-13(5-3-7-19)10-17-11-14/h9-11,15,19H,2,4,6-8,12H2,1H3. The molecule has 1 amide bonds. The Labute approximate surface area is 124 Å². The molecule has 0 aromatic carbocycles.